The summed E-state index contributed by atoms with van der Waals surface area (Å²) in [6.07, 6.45) is 0. The number of amides is 1. The Morgan fingerprint density at radius 3 is 2.49 bits per heavy atom. The van der Waals surface area contributed by atoms with Crippen molar-refractivity contribution in [2.45, 2.75) is 45.6 Å². The molecule has 2 aromatic carbocycles. The zero-order valence-electron chi connectivity index (χ0n) is 21.0. The summed E-state index contributed by atoms with van der Waals surface area (Å²) in [5.74, 6) is -0.589. The average molecular weight is 550 g/mol. The van der Waals surface area contributed by atoms with Crippen LogP contribution in [0.15, 0.2) is 47.4 Å². The van der Waals surface area contributed by atoms with E-state index >= 15 is 0 Å². The molecule has 0 bridgehead atoms. The van der Waals surface area contributed by atoms with Crippen LogP contribution in [-0.2, 0) is 10.0 Å². The highest BCUT2D eigenvalue weighted by Gasteiger charge is 2.28. The maximum absolute atomic E-state index is 13.1. The number of hydrogen-bond acceptors (Lipinski definition) is 7. The van der Waals surface area contributed by atoms with Crippen LogP contribution in [0.5, 0.6) is 11.6 Å². The summed E-state index contributed by atoms with van der Waals surface area (Å²) in [5.41, 5.74) is 0.427. The topological polar surface area (TPSA) is 145 Å². The van der Waals surface area contributed by atoms with Crippen molar-refractivity contribution in [3.05, 3.63) is 68.9 Å². The van der Waals surface area contributed by atoms with Gasteiger partial charge in [0.15, 0.2) is 5.69 Å². The lowest BCUT2D eigenvalue weighted by atomic mass is 10.2. The van der Waals surface area contributed by atoms with Crippen molar-refractivity contribution in [2.75, 3.05) is 6.54 Å². The Kier molecular flexibility index (Phi) is 8.57. The van der Waals surface area contributed by atoms with Gasteiger partial charge < -0.3 is 10.1 Å². The molecule has 1 aromatic heterocycles. The normalized spacial score (nSPS) is 11.7. The molecule has 0 aliphatic heterocycles. The van der Waals surface area contributed by atoms with Gasteiger partial charge in [0.2, 0.25) is 15.9 Å². The molecule has 0 fully saturated rings. The fraction of sp³-hybridized carbons (Fsp3) is 0.333. The average Bonchev–Trinajstić information content (AvgIpc) is 3.13. The van der Waals surface area contributed by atoms with E-state index in [1.54, 1.807) is 45.0 Å². The molecule has 37 heavy (non-hydrogen) atoms. The van der Waals surface area contributed by atoms with Crippen molar-refractivity contribution >= 4 is 33.2 Å². The highest BCUT2D eigenvalue weighted by Crippen LogP contribution is 2.36. The lowest BCUT2D eigenvalue weighted by Gasteiger charge is -2.15. The van der Waals surface area contributed by atoms with Crippen LogP contribution >= 0.6 is 11.6 Å². The molecule has 3 aromatic rings. The molecule has 0 saturated heterocycles. The number of rotatable bonds is 10. The number of nitro groups is 1. The number of ether oxygens (including phenoxy) is 1. The van der Waals surface area contributed by atoms with Crippen LogP contribution < -0.4 is 14.8 Å². The SMILES string of the molecule is Cc1c(C(=O)NC(C)C)nn(-c2cccc(Cl)c2)c1Oc1ccc([N+](=O)[O-])cc1S(=O)(=O)NCC(C)C. The molecule has 3 rings (SSSR count). The minimum absolute atomic E-state index is 0.00799. The Bertz CT molecular complexity index is 1440. The molecule has 11 nitrogen and oxygen atoms in total. The molecule has 0 spiro atoms. The third-order valence-electron chi connectivity index (χ3n) is 5.07. The van der Waals surface area contributed by atoms with Crippen LogP contribution in [0.4, 0.5) is 5.69 Å². The molecule has 0 aliphatic rings. The quantitative estimate of drug-likeness (QED) is 0.277. The molecule has 0 saturated carbocycles. The van der Waals surface area contributed by atoms with Gasteiger partial charge in [0, 0.05) is 35.3 Å². The van der Waals surface area contributed by atoms with Crippen LogP contribution in [0.25, 0.3) is 5.69 Å². The number of benzene rings is 2. The number of non-ortho nitro benzene ring substituents is 1. The first-order valence-electron chi connectivity index (χ1n) is 11.4. The van der Waals surface area contributed by atoms with Gasteiger partial charge in [-0.2, -0.15) is 9.78 Å². The molecule has 2 N–H and O–H groups in total. The van der Waals surface area contributed by atoms with Gasteiger partial charge in [-0.25, -0.2) is 13.1 Å². The second kappa shape index (κ2) is 11.3. The third kappa shape index (κ3) is 6.64. The zero-order chi connectivity index (χ0) is 27.5. The second-order valence-electron chi connectivity index (χ2n) is 9.03. The molecule has 0 atom stereocenters. The van der Waals surface area contributed by atoms with Gasteiger partial charge in [-0.1, -0.05) is 31.5 Å². The lowest BCUT2D eigenvalue weighted by Crippen LogP contribution is -2.30. The van der Waals surface area contributed by atoms with Gasteiger partial charge in [0.1, 0.15) is 10.6 Å². The zero-order valence-corrected chi connectivity index (χ0v) is 22.6. The number of aromatic nitrogens is 2. The highest BCUT2D eigenvalue weighted by atomic mass is 35.5. The monoisotopic (exact) mass is 549 g/mol. The molecule has 1 heterocycles. The van der Waals surface area contributed by atoms with Gasteiger partial charge in [-0.05, 0) is 51.0 Å². The fourth-order valence-corrected chi connectivity index (χ4v) is 4.84. The van der Waals surface area contributed by atoms with E-state index in [-0.39, 0.29) is 35.8 Å². The van der Waals surface area contributed by atoms with E-state index < -0.39 is 31.4 Å². The highest BCUT2D eigenvalue weighted by molar-refractivity contribution is 7.89. The number of carbonyl (C=O) groups excluding carboxylic acids is 1. The molecule has 13 heteroatoms. The summed E-state index contributed by atoms with van der Waals surface area (Å²) in [7, 11) is -4.19. The molecule has 0 unspecified atom stereocenters. The minimum Gasteiger partial charge on any atom is -0.437 e. The summed E-state index contributed by atoms with van der Waals surface area (Å²) in [5, 5.41) is 19.0. The Balaban J connectivity index is 2.20. The van der Waals surface area contributed by atoms with Gasteiger partial charge >= 0.3 is 0 Å². The van der Waals surface area contributed by atoms with E-state index in [1.165, 1.54) is 10.7 Å². The predicted octanol–water partition coefficient (Wildman–Crippen LogP) is 4.61. The summed E-state index contributed by atoms with van der Waals surface area (Å²) in [6.45, 7) is 8.97. The van der Waals surface area contributed by atoms with Gasteiger partial charge in [-0.3, -0.25) is 14.9 Å². The summed E-state index contributed by atoms with van der Waals surface area (Å²) in [4.78, 5) is 23.1. The maximum Gasteiger partial charge on any atom is 0.272 e. The van der Waals surface area contributed by atoms with E-state index in [0.29, 0.717) is 16.3 Å². The first-order valence-corrected chi connectivity index (χ1v) is 13.3. The van der Waals surface area contributed by atoms with Crippen LogP contribution in [0.1, 0.15) is 43.7 Å². The van der Waals surface area contributed by atoms with E-state index in [1.807, 2.05) is 13.8 Å². The summed E-state index contributed by atoms with van der Waals surface area (Å²) >= 11 is 6.17. The summed E-state index contributed by atoms with van der Waals surface area (Å²) < 4.78 is 36.1. The molecule has 0 aliphatic carbocycles. The van der Waals surface area contributed by atoms with Crippen LogP contribution in [0.2, 0.25) is 5.02 Å². The number of nitro benzene ring substituents is 1. The van der Waals surface area contributed by atoms with E-state index in [9.17, 15) is 23.3 Å². The molecule has 0 radical (unpaired) electrons. The first kappa shape index (κ1) is 28.1. The van der Waals surface area contributed by atoms with Gasteiger partial charge in [0.25, 0.3) is 11.6 Å². The Hall–Kier alpha value is -3.48. The van der Waals surface area contributed by atoms with E-state index in [0.717, 1.165) is 12.1 Å². The number of nitrogens with one attached hydrogen (secondary N) is 2. The van der Waals surface area contributed by atoms with E-state index in [2.05, 4.69) is 15.1 Å². The number of hydrogen-bond donors (Lipinski definition) is 2. The van der Waals surface area contributed by atoms with E-state index in [4.69, 9.17) is 16.3 Å². The van der Waals surface area contributed by atoms with Crippen molar-refractivity contribution in [3.8, 4) is 17.3 Å². The Morgan fingerprint density at radius 2 is 1.89 bits per heavy atom. The van der Waals surface area contributed by atoms with Crippen LogP contribution in [0.3, 0.4) is 0 Å². The number of carbonyl (C=O) groups is 1. The number of halogens is 1. The molecule has 198 valence electrons. The number of sulfonamides is 1. The predicted molar refractivity (Wildman–Crippen MR) is 139 cm³/mol. The van der Waals surface area contributed by atoms with Crippen molar-refractivity contribution in [2.24, 2.45) is 5.92 Å². The Morgan fingerprint density at radius 1 is 1.19 bits per heavy atom. The van der Waals surface area contributed by atoms with Crippen LogP contribution in [0, 0.1) is 23.0 Å². The first-order chi connectivity index (χ1) is 17.3. The molecule has 1 amide bonds. The largest absolute Gasteiger partial charge is 0.437 e. The maximum atomic E-state index is 13.1. The van der Waals surface area contributed by atoms with Crippen molar-refractivity contribution < 1.29 is 22.9 Å². The smallest absolute Gasteiger partial charge is 0.272 e. The summed E-state index contributed by atoms with van der Waals surface area (Å²) in [6, 6.07) is 9.74. The fourth-order valence-electron chi connectivity index (χ4n) is 3.29. The Labute approximate surface area is 220 Å². The van der Waals surface area contributed by atoms with Gasteiger partial charge in [-0.15, -0.1) is 0 Å². The van der Waals surface area contributed by atoms with Crippen molar-refractivity contribution in [1.29, 1.82) is 0 Å². The molecular formula is C24H28ClN5O6S. The minimum atomic E-state index is -4.19. The number of nitrogens with zero attached hydrogens (tertiary/aromatic N) is 3. The third-order valence-corrected chi connectivity index (χ3v) is 6.75. The molecular weight excluding hydrogens is 522 g/mol. The second-order valence-corrected chi connectivity index (χ2v) is 11.2. The van der Waals surface area contributed by atoms with Crippen molar-refractivity contribution in [3.63, 3.8) is 0 Å². The van der Waals surface area contributed by atoms with Crippen LogP contribution in [-0.4, -0.2) is 41.6 Å². The lowest BCUT2D eigenvalue weighted by molar-refractivity contribution is -0.385. The van der Waals surface area contributed by atoms with Crippen molar-refractivity contribution in [1.82, 2.24) is 19.8 Å². The van der Waals surface area contributed by atoms with Gasteiger partial charge in [0.05, 0.1) is 10.6 Å². The standard InChI is InChI=1S/C24H28ClN5O6S/c1-14(2)13-26-37(34,35)21-12-19(30(32)33)9-10-20(21)36-24-16(5)22(23(31)27-15(3)4)28-29(24)18-8-6-7-17(25)11-18/h6-12,14-15,26H,13H2,1-5H3,(H,27,31).